The van der Waals surface area contributed by atoms with Gasteiger partial charge in [0.05, 0.1) is 12.2 Å². The van der Waals surface area contributed by atoms with Crippen molar-refractivity contribution in [3.05, 3.63) is 52.0 Å². The first-order valence-corrected chi connectivity index (χ1v) is 11.0. The van der Waals surface area contributed by atoms with Gasteiger partial charge in [-0.05, 0) is 29.0 Å². The van der Waals surface area contributed by atoms with Crippen LogP contribution in [0.3, 0.4) is 0 Å². The number of hydrogen-bond donors (Lipinski definition) is 1. The second-order valence-corrected chi connectivity index (χ2v) is 9.28. The quantitative estimate of drug-likeness (QED) is 0.691. The third-order valence-corrected chi connectivity index (χ3v) is 5.93. The van der Waals surface area contributed by atoms with E-state index in [9.17, 15) is 9.59 Å². The number of amides is 2. The highest BCUT2D eigenvalue weighted by atomic mass is 32.1. The number of hydrogen-bond acceptors (Lipinski definition) is 4. The molecule has 0 saturated heterocycles. The summed E-state index contributed by atoms with van der Waals surface area (Å²) >= 11 is 1.46. The third-order valence-electron chi connectivity index (χ3n) is 4.93. The van der Waals surface area contributed by atoms with Crippen LogP contribution in [0.2, 0.25) is 0 Å². The van der Waals surface area contributed by atoms with E-state index in [0.717, 1.165) is 22.6 Å². The number of thiazole rings is 1. The summed E-state index contributed by atoms with van der Waals surface area (Å²) < 4.78 is 0. The lowest BCUT2D eigenvalue weighted by atomic mass is 10.0. The second-order valence-electron chi connectivity index (χ2n) is 8.20. The van der Waals surface area contributed by atoms with E-state index in [1.807, 2.05) is 17.0 Å². The summed E-state index contributed by atoms with van der Waals surface area (Å²) in [6.45, 7) is 9.71. The van der Waals surface area contributed by atoms with Crippen LogP contribution in [0.15, 0.2) is 30.3 Å². The molecule has 0 bridgehead atoms. The molecule has 1 aromatic carbocycles. The van der Waals surface area contributed by atoms with E-state index in [-0.39, 0.29) is 11.8 Å². The molecule has 1 aliphatic rings. The molecule has 6 heteroatoms. The van der Waals surface area contributed by atoms with Gasteiger partial charge in [-0.1, -0.05) is 63.3 Å². The summed E-state index contributed by atoms with van der Waals surface area (Å²) in [5.74, 6) is 0.838. The molecule has 2 aromatic rings. The first kappa shape index (κ1) is 21.2. The maximum Gasteiger partial charge on any atom is 0.250 e. The predicted molar refractivity (Wildman–Crippen MR) is 119 cm³/mol. The largest absolute Gasteiger partial charge is 0.337 e. The molecule has 0 saturated carbocycles. The molecule has 3 rings (SSSR count). The fourth-order valence-corrected chi connectivity index (χ4v) is 4.28. The van der Waals surface area contributed by atoms with Crippen molar-refractivity contribution in [1.29, 1.82) is 0 Å². The summed E-state index contributed by atoms with van der Waals surface area (Å²) in [6, 6.07) is 8.21. The fourth-order valence-electron chi connectivity index (χ4n) is 3.25. The molecule has 0 spiro atoms. The predicted octanol–water partition coefficient (Wildman–Crippen LogP) is 4.85. The molecular weight excluding hydrogens is 382 g/mol. The Morgan fingerprint density at radius 3 is 2.59 bits per heavy atom. The highest BCUT2D eigenvalue weighted by Gasteiger charge is 2.24. The topological polar surface area (TPSA) is 62.3 Å². The molecule has 0 radical (unpaired) electrons. The van der Waals surface area contributed by atoms with Gasteiger partial charge in [-0.25, -0.2) is 4.98 Å². The minimum Gasteiger partial charge on any atom is -0.337 e. The van der Waals surface area contributed by atoms with E-state index in [1.54, 1.807) is 6.08 Å². The standard InChI is InChI=1S/C23H29N3O2S/c1-15(2)13-22(28)26-12-11-19-20(14-26)29-23(24-19)25-21(27)10-7-17-5-8-18(9-6-17)16(3)4/h5-10,15-16H,11-14H2,1-4H3,(H,24,25,27)/b10-7+. The highest BCUT2D eigenvalue weighted by molar-refractivity contribution is 7.15. The van der Waals surface area contributed by atoms with E-state index in [0.29, 0.717) is 36.5 Å². The summed E-state index contributed by atoms with van der Waals surface area (Å²) in [5, 5.41) is 3.45. The number of nitrogens with one attached hydrogen (secondary N) is 1. The molecule has 1 aliphatic heterocycles. The van der Waals surface area contributed by atoms with E-state index in [2.05, 4.69) is 50.1 Å². The zero-order valence-corrected chi connectivity index (χ0v) is 18.4. The maximum atomic E-state index is 12.3. The molecule has 0 aliphatic carbocycles. The van der Waals surface area contributed by atoms with Gasteiger partial charge >= 0.3 is 0 Å². The highest BCUT2D eigenvalue weighted by Crippen LogP contribution is 2.29. The van der Waals surface area contributed by atoms with Crippen molar-refractivity contribution < 1.29 is 9.59 Å². The third kappa shape index (κ3) is 5.76. The number of anilines is 1. The molecule has 29 heavy (non-hydrogen) atoms. The monoisotopic (exact) mass is 411 g/mol. The molecular formula is C23H29N3O2S. The zero-order chi connectivity index (χ0) is 21.0. The van der Waals surface area contributed by atoms with E-state index < -0.39 is 0 Å². The van der Waals surface area contributed by atoms with Crippen LogP contribution in [-0.2, 0) is 22.6 Å². The molecule has 2 heterocycles. The van der Waals surface area contributed by atoms with Crippen LogP contribution in [0.1, 0.15) is 61.7 Å². The van der Waals surface area contributed by atoms with Crippen molar-refractivity contribution >= 4 is 34.4 Å². The van der Waals surface area contributed by atoms with Gasteiger partial charge in [0.2, 0.25) is 11.8 Å². The maximum absolute atomic E-state index is 12.3. The molecule has 2 amide bonds. The van der Waals surface area contributed by atoms with Crippen molar-refractivity contribution in [3.8, 4) is 0 Å². The molecule has 5 nitrogen and oxygen atoms in total. The molecule has 0 fully saturated rings. The number of benzene rings is 1. The summed E-state index contributed by atoms with van der Waals surface area (Å²) in [7, 11) is 0. The van der Waals surface area contributed by atoms with Crippen LogP contribution in [0, 0.1) is 5.92 Å². The smallest absolute Gasteiger partial charge is 0.250 e. The van der Waals surface area contributed by atoms with Gasteiger partial charge in [0.25, 0.3) is 0 Å². The Balaban J connectivity index is 1.58. The van der Waals surface area contributed by atoms with Crippen LogP contribution in [0.5, 0.6) is 0 Å². The Morgan fingerprint density at radius 2 is 1.93 bits per heavy atom. The first-order valence-electron chi connectivity index (χ1n) is 10.2. The number of rotatable bonds is 6. The number of fused-ring (bicyclic) bond motifs is 1. The summed E-state index contributed by atoms with van der Waals surface area (Å²) in [4.78, 5) is 32.1. The minimum absolute atomic E-state index is 0.191. The van der Waals surface area contributed by atoms with Gasteiger partial charge < -0.3 is 4.90 Å². The van der Waals surface area contributed by atoms with Crippen LogP contribution in [-0.4, -0.2) is 28.2 Å². The lowest BCUT2D eigenvalue weighted by molar-refractivity contribution is -0.132. The number of aromatic nitrogens is 1. The van der Waals surface area contributed by atoms with Gasteiger partial charge in [-0.15, -0.1) is 0 Å². The van der Waals surface area contributed by atoms with Crippen LogP contribution in [0.4, 0.5) is 5.13 Å². The Bertz CT molecular complexity index is 897. The number of carbonyl (C=O) groups excluding carboxylic acids is 2. The van der Waals surface area contributed by atoms with E-state index in [1.165, 1.54) is 23.0 Å². The molecule has 1 N–H and O–H groups in total. The van der Waals surface area contributed by atoms with Gasteiger partial charge in [-0.3, -0.25) is 14.9 Å². The van der Waals surface area contributed by atoms with Gasteiger partial charge in [-0.2, -0.15) is 0 Å². The molecule has 0 atom stereocenters. The minimum atomic E-state index is -0.197. The van der Waals surface area contributed by atoms with Crippen molar-refractivity contribution in [2.75, 3.05) is 11.9 Å². The summed E-state index contributed by atoms with van der Waals surface area (Å²) in [6.07, 6.45) is 4.65. The lowest BCUT2D eigenvalue weighted by Crippen LogP contribution is -2.36. The molecule has 154 valence electrons. The molecule has 0 unspecified atom stereocenters. The van der Waals surface area contributed by atoms with E-state index in [4.69, 9.17) is 0 Å². The van der Waals surface area contributed by atoms with Crippen molar-refractivity contribution in [1.82, 2.24) is 9.88 Å². The Labute approximate surface area is 176 Å². The average molecular weight is 412 g/mol. The number of carbonyl (C=O) groups is 2. The van der Waals surface area contributed by atoms with Gasteiger partial charge in [0.15, 0.2) is 5.13 Å². The Morgan fingerprint density at radius 1 is 1.21 bits per heavy atom. The Kier molecular flexibility index (Phi) is 6.85. The van der Waals surface area contributed by atoms with Gasteiger partial charge in [0, 0.05) is 30.3 Å². The van der Waals surface area contributed by atoms with Crippen molar-refractivity contribution in [3.63, 3.8) is 0 Å². The van der Waals surface area contributed by atoms with E-state index >= 15 is 0 Å². The SMILES string of the molecule is CC(C)CC(=O)N1CCc2nc(NC(=O)/C=C/c3ccc(C(C)C)cc3)sc2C1. The second kappa shape index (κ2) is 9.35. The average Bonchev–Trinajstić information content (AvgIpc) is 3.07. The lowest BCUT2D eigenvalue weighted by Gasteiger charge is -2.26. The Hall–Kier alpha value is -2.47. The van der Waals surface area contributed by atoms with Crippen LogP contribution < -0.4 is 5.32 Å². The van der Waals surface area contributed by atoms with Crippen LogP contribution >= 0.6 is 11.3 Å². The van der Waals surface area contributed by atoms with Gasteiger partial charge in [0.1, 0.15) is 0 Å². The fraction of sp³-hybridized carbons (Fsp3) is 0.435. The summed E-state index contributed by atoms with van der Waals surface area (Å²) in [5.41, 5.74) is 3.26. The zero-order valence-electron chi connectivity index (χ0n) is 17.6. The first-order chi connectivity index (χ1) is 13.8. The van der Waals surface area contributed by atoms with Crippen molar-refractivity contribution in [2.45, 2.75) is 53.0 Å². The number of nitrogens with zero attached hydrogens (tertiary/aromatic N) is 2. The normalized spacial score (nSPS) is 13.9. The van der Waals surface area contributed by atoms with Crippen molar-refractivity contribution in [2.24, 2.45) is 5.92 Å². The molecule has 1 aromatic heterocycles. The van der Waals surface area contributed by atoms with Crippen LogP contribution in [0.25, 0.3) is 6.08 Å².